The van der Waals surface area contributed by atoms with Crippen molar-refractivity contribution in [2.45, 2.75) is 77.2 Å². The molecule has 0 atom stereocenters. The normalized spacial score (nSPS) is 16.2. The summed E-state index contributed by atoms with van der Waals surface area (Å²) in [7, 11) is 0. The number of carbonyl (C=O) groups excluding carboxylic acids is 3. The Labute approximate surface area is 255 Å². The van der Waals surface area contributed by atoms with Crippen molar-refractivity contribution in [3.05, 3.63) is 64.2 Å². The molecule has 8 nitrogen and oxygen atoms in total. The number of likely N-dealkylation sites (tertiary alicyclic amines) is 1. The Hall–Kier alpha value is -3.10. The number of hydrogen-bond acceptors (Lipinski definition) is 5. The van der Waals surface area contributed by atoms with Crippen molar-refractivity contribution < 1.29 is 19.1 Å². The summed E-state index contributed by atoms with van der Waals surface area (Å²) in [5.41, 5.74) is 3.51. The lowest BCUT2D eigenvalue weighted by Gasteiger charge is -2.35. The van der Waals surface area contributed by atoms with Gasteiger partial charge in [-0.1, -0.05) is 35.9 Å². The molecule has 0 aliphatic carbocycles. The number of para-hydroxylation sites is 1. The molecule has 42 heavy (non-hydrogen) atoms. The highest BCUT2D eigenvalue weighted by Crippen LogP contribution is 2.32. The number of carbonyl (C=O) groups is 3. The van der Waals surface area contributed by atoms with Crippen LogP contribution in [0.15, 0.2) is 42.5 Å². The number of aryl methyl sites for hydroxylation is 1. The number of nitrogens with zero attached hydrogens (tertiary/aromatic N) is 2. The van der Waals surface area contributed by atoms with E-state index in [0.717, 1.165) is 69.4 Å². The number of fused-ring (bicyclic) bond motifs is 1. The van der Waals surface area contributed by atoms with Gasteiger partial charge in [0.15, 0.2) is 0 Å². The van der Waals surface area contributed by atoms with Crippen LogP contribution in [0.4, 0.5) is 10.5 Å². The van der Waals surface area contributed by atoms with Crippen molar-refractivity contribution in [3.8, 4) is 0 Å². The van der Waals surface area contributed by atoms with Gasteiger partial charge in [0.05, 0.1) is 0 Å². The van der Waals surface area contributed by atoms with Crippen LogP contribution in [0, 0.1) is 0 Å². The minimum atomic E-state index is -0.507. The fraction of sp³-hybridized carbons (Fsp3) is 0.545. The molecule has 2 aromatic carbocycles. The maximum atomic E-state index is 13.2. The summed E-state index contributed by atoms with van der Waals surface area (Å²) in [5, 5.41) is 6.38. The van der Waals surface area contributed by atoms with E-state index < -0.39 is 11.7 Å². The molecule has 2 N–H and O–H groups in total. The van der Waals surface area contributed by atoms with Gasteiger partial charge >= 0.3 is 6.09 Å². The summed E-state index contributed by atoms with van der Waals surface area (Å²) in [4.78, 5) is 41.9. The molecular weight excluding hydrogens is 552 g/mol. The summed E-state index contributed by atoms with van der Waals surface area (Å²) < 4.78 is 5.24. The number of hydrogen-bond donors (Lipinski definition) is 2. The van der Waals surface area contributed by atoms with Crippen LogP contribution in [0.1, 0.15) is 86.7 Å². The molecule has 9 heteroatoms. The fourth-order valence-corrected chi connectivity index (χ4v) is 5.93. The van der Waals surface area contributed by atoms with Gasteiger partial charge < -0.3 is 25.2 Å². The molecule has 0 aromatic heterocycles. The molecule has 2 aliphatic rings. The minimum absolute atomic E-state index is 0.0934. The number of piperidine rings is 1. The van der Waals surface area contributed by atoms with E-state index in [9.17, 15) is 14.4 Å². The van der Waals surface area contributed by atoms with Crippen LogP contribution in [0.25, 0.3) is 0 Å². The lowest BCUT2D eigenvalue weighted by atomic mass is 9.86. The Bertz CT molecular complexity index is 1240. The van der Waals surface area contributed by atoms with E-state index in [2.05, 4.69) is 27.7 Å². The van der Waals surface area contributed by atoms with Crippen LogP contribution >= 0.6 is 11.6 Å². The summed E-state index contributed by atoms with van der Waals surface area (Å²) >= 11 is 6.30. The molecule has 4 rings (SSSR count). The molecule has 2 aliphatic heterocycles. The summed E-state index contributed by atoms with van der Waals surface area (Å²) in [6.07, 6.45) is 5.42. The predicted molar refractivity (Wildman–Crippen MR) is 167 cm³/mol. The Morgan fingerprint density at radius 2 is 1.67 bits per heavy atom. The van der Waals surface area contributed by atoms with Gasteiger partial charge in [-0.3, -0.25) is 9.59 Å². The molecule has 1 saturated heterocycles. The standard InChI is InChI=1S/C33H45ClN4O4/c1-33(2,3)42-32(41)36-18-8-4-7-17-35-31(40)28-23-26(34)12-13-27(28)24-15-19-37(20-16-24)21-22-38-29-10-6-5-9-25(29)11-14-30(38)39/h5-6,9-10,12-13,23-24H,4,7-8,11,14-22H2,1-3H3,(H,35,40)(H,36,41). The van der Waals surface area contributed by atoms with Crippen molar-refractivity contribution in [2.75, 3.05) is 44.2 Å². The second-order valence-corrected chi connectivity index (χ2v) is 12.7. The topological polar surface area (TPSA) is 91.0 Å². The van der Waals surface area contributed by atoms with Crippen molar-refractivity contribution >= 4 is 35.2 Å². The predicted octanol–water partition coefficient (Wildman–Crippen LogP) is 5.92. The number of alkyl carbamates (subject to hydrolysis) is 1. The van der Waals surface area contributed by atoms with E-state index in [1.54, 1.807) is 6.07 Å². The Morgan fingerprint density at radius 3 is 2.40 bits per heavy atom. The maximum absolute atomic E-state index is 13.2. The first-order chi connectivity index (χ1) is 20.1. The van der Waals surface area contributed by atoms with E-state index in [1.165, 1.54) is 5.56 Å². The number of rotatable bonds is 11. The van der Waals surface area contributed by atoms with Crippen LogP contribution in [0.3, 0.4) is 0 Å². The third-order valence-electron chi connectivity index (χ3n) is 7.93. The molecule has 0 saturated carbocycles. The third-order valence-corrected chi connectivity index (χ3v) is 8.16. The minimum Gasteiger partial charge on any atom is -0.444 e. The van der Waals surface area contributed by atoms with Gasteiger partial charge in [-0.15, -0.1) is 0 Å². The first kappa shape index (κ1) is 31.8. The molecule has 0 radical (unpaired) electrons. The van der Waals surface area contributed by atoms with E-state index in [4.69, 9.17) is 16.3 Å². The van der Waals surface area contributed by atoms with Gasteiger partial charge in [-0.25, -0.2) is 4.79 Å². The largest absolute Gasteiger partial charge is 0.444 e. The zero-order valence-electron chi connectivity index (χ0n) is 25.2. The van der Waals surface area contributed by atoms with E-state index in [0.29, 0.717) is 36.6 Å². The lowest BCUT2D eigenvalue weighted by Crippen LogP contribution is -2.43. The number of halogens is 1. The molecule has 0 unspecified atom stereocenters. The second-order valence-electron chi connectivity index (χ2n) is 12.3. The van der Waals surface area contributed by atoms with E-state index in [1.807, 2.05) is 49.9 Å². The number of amides is 3. The maximum Gasteiger partial charge on any atom is 0.407 e. The zero-order valence-corrected chi connectivity index (χ0v) is 26.0. The molecular formula is C33H45ClN4O4. The van der Waals surface area contributed by atoms with Gasteiger partial charge in [-0.05, 0) is 108 Å². The number of unbranched alkanes of at least 4 members (excludes halogenated alkanes) is 2. The number of nitrogens with one attached hydrogen (secondary N) is 2. The van der Waals surface area contributed by atoms with Crippen LogP contribution in [-0.4, -0.2) is 67.7 Å². The van der Waals surface area contributed by atoms with Crippen molar-refractivity contribution in [1.82, 2.24) is 15.5 Å². The highest BCUT2D eigenvalue weighted by molar-refractivity contribution is 6.31. The average Bonchev–Trinajstić information content (AvgIpc) is 2.95. The number of benzene rings is 2. The molecule has 228 valence electrons. The summed E-state index contributed by atoms with van der Waals surface area (Å²) in [6.45, 7) is 10.0. The fourth-order valence-electron chi connectivity index (χ4n) is 5.76. The van der Waals surface area contributed by atoms with Crippen molar-refractivity contribution in [1.29, 1.82) is 0 Å². The first-order valence-corrected chi connectivity index (χ1v) is 15.6. The van der Waals surface area contributed by atoms with Crippen LogP contribution < -0.4 is 15.5 Å². The molecule has 2 heterocycles. The van der Waals surface area contributed by atoms with Crippen LogP contribution in [0.2, 0.25) is 5.02 Å². The smallest absolute Gasteiger partial charge is 0.407 e. The second kappa shape index (κ2) is 14.9. The summed E-state index contributed by atoms with van der Waals surface area (Å²) in [6, 6.07) is 13.9. The lowest BCUT2D eigenvalue weighted by molar-refractivity contribution is -0.119. The van der Waals surface area contributed by atoms with Gasteiger partial charge in [0.1, 0.15) is 5.60 Å². The zero-order chi connectivity index (χ0) is 30.1. The Kier molecular flexibility index (Phi) is 11.3. The SMILES string of the molecule is CC(C)(C)OC(=O)NCCCCCNC(=O)c1cc(Cl)ccc1C1CCN(CCN2C(=O)CCc3ccccc32)CC1. The summed E-state index contributed by atoms with van der Waals surface area (Å²) in [5.74, 6) is 0.400. The van der Waals surface area contributed by atoms with Gasteiger partial charge in [0.2, 0.25) is 5.91 Å². The van der Waals surface area contributed by atoms with Gasteiger partial charge in [0, 0.05) is 48.9 Å². The van der Waals surface area contributed by atoms with Crippen molar-refractivity contribution in [2.24, 2.45) is 0 Å². The van der Waals surface area contributed by atoms with E-state index in [-0.39, 0.29) is 17.7 Å². The van der Waals surface area contributed by atoms with Crippen LogP contribution in [0.5, 0.6) is 0 Å². The average molecular weight is 597 g/mol. The quantitative estimate of drug-likeness (QED) is 0.314. The van der Waals surface area contributed by atoms with Crippen molar-refractivity contribution in [3.63, 3.8) is 0 Å². The third kappa shape index (κ3) is 9.20. The van der Waals surface area contributed by atoms with Crippen LogP contribution in [-0.2, 0) is 16.0 Å². The highest BCUT2D eigenvalue weighted by Gasteiger charge is 2.27. The molecule has 0 bridgehead atoms. The number of anilines is 1. The Morgan fingerprint density at radius 1 is 0.952 bits per heavy atom. The van der Waals surface area contributed by atoms with Gasteiger partial charge in [0.25, 0.3) is 5.91 Å². The number of ether oxygens (including phenoxy) is 1. The first-order valence-electron chi connectivity index (χ1n) is 15.3. The van der Waals surface area contributed by atoms with E-state index >= 15 is 0 Å². The highest BCUT2D eigenvalue weighted by atomic mass is 35.5. The molecule has 1 fully saturated rings. The molecule has 0 spiro atoms. The molecule has 2 aromatic rings. The van der Waals surface area contributed by atoms with Gasteiger partial charge in [-0.2, -0.15) is 0 Å². The molecule has 3 amide bonds. The monoisotopic (exact) mass is 596 g/mol. The Balaban J connectivity index is 1.21.